The predicted molar refractivity (Wildman–Crippen MR) is 236 cm³/mol. The Morgan fingerprint density at radius 1 is 0.635 bits per heavy atom. The van der Waals surface area contributed by atoms with Gasteiger partial charge in [-0.3, -0.25) is 9.59 Å². The van der Waals surface area contributed by atoms with Crippen molar-refractivity contribution in [3.8, 4) is 0 Å². The van der Waals surface area contributed by atoms with E-state index >= 15 is 0 Å². The lowest BCUT2D eigenvalue weighted by molar-refractivity contribution is -0.317. The van der Waals surface area contributed by atoms with Crippen LogP contribution in [0.25, 0.3) is 0 Å². The van der Waals surface area contributed by atoms with Crippen LogP contribution in [0.2, 0.25) is 0 Å². The van der Waals surface area contributed by atoms with E-state index in [9.17, 15) is 60.7 Å². The zero-order valence-electron chi connectivity index (χ0n) is 39.9. The maximum Gasteiger partial charge on any atom is 0.311 e. The van der Waals surface area contributed by atoms with Crippen LogP contribution in [0.3, 0.4) is 0 Å². The summed E-state index contributed by atoms with van der Waals surface area (Å²) < 4.78 is 22.5. The first-order valence-electron chi connectivity index (χ1n) is 22.6. The minimum atomic E-state index is -1.67. The molecule has 0 spiro atoms. The van der Waals surface area contributed by atoms with Gasteiger partial charge < -0.3 is 70.0 Å². The molecule has 1 aliphatic rings. The lowest BCUT2D eigenvalue weighted by Gasteiger charge is -2.43. The molecule has 0 saturated carbocycles. The molecule has 0 bridgehead atoms. The van der Waals surface area contributed by atoms with Crippen LogP contribution in [0, 0.1) is 47.3 Å². The van der Waals surface area contributed by atoms with Crippen LogP contribution >= 0.6 is 0 Å². The summed E-state index contributed by atoms with van der Waals surface area (Å²) in [6, 6.07) is 0. The van der Waals surface area contributed by atoms with Gasteiger partial charge in [0, 0.05) is 37.2 Å². The number of carbonyl (C=O) groups is 2. The number of aliphatic hydroxyl groups is 10. The van der Waals surface area contributed by atoms with Crippen molar-refractivity contribution in [1.82, 2.24) is 0 Å². The summed E-state index contributed by atoms with van der Waals surface area (Å²) in [6.07, 6.45) is -7.75. The van der Waals surface area contributed by atoms with Gasteiger partial charge in [-0.15, -0.1) is 0 Å². The van der Waals surface area contributed by atoms with Crippen LogP contribution < -0.4 is 0 Å². The number of carbonyl (C=O) groups excluding carboxylic acids is 2. The summed E-state index contributed by atoms with van der Waals surface area (Å²) in [5.41, 5.74) is 1.56. The molecule has 0 radical (unpaired) electrons. The summed E-state index contributed by atoms with van der Waals surface area (Å²) in [7, 11) is 0. The van der Waals surface area contributed by atoms with Crippen molar-refractivity contribution in [2.45, 2.75) is 183 Å². The normalized spacial score (nSPS) is 27.6. The smallest absolute Gasteiger partial charge is 0.311 e. The van der Waals surface area contributed by atoms with Crippen LogP contribution in [-0.4, -0.2) is 156 Å². The molecule has 0 aliphatic carbocycles. The number of rotatable bonds is 27. The summed E-state index contributed by atoms with van der Waals surface area (Å²) in [5.74, 6) is -3.82. The van der Waals surface area contributed by atoms with Crippen LogP contribution in [0.4, 0.5) is 0 Å². The van der Waals surface area contributed by atoms with Crippen molar-refractivity contribution < 1.29 is 79.6 Å². The summed E-state index contributed by atoms with van der Waals surface area (Å²) >= 11 is 0. The quantitative estimate of drug-likeness (QED) is 0.0419. The van der Waals surface area contributed by atoms with Crippen molar-refractivity contribution >= 4 is 11.9 Å². The highest BCUT2D eigenvalue weighted by Gasteiger charge is 2.46. The SMILES string of the molecule is CCC(C)CC(C)CC(C)C(OC1OC(COC(C)=O)C(O)C(O)C1O)C(C)C=C(C)C(O)C(C)C=C(C)C(O)C(C)C=C(C)C(O)C(C)C(=O)OCC(O)C(O)C(O)C(C)CO. The molecular formula is C47H84O16. The minimum absolute atomic E-state index is 0.0828. The van der Waals surface area contributed by atoms with Gasteiger partial charge in [0.2, 0.25) is 0 Å². The molecule has 0 aromatic heterocycles. The van der Waals surface area contributed by atoms with Crippen molar-refractivity contribution in [3.05, 3.63) is 34.9 Å². The maximum absolute atomic E-state index is 12.7. The Bertz CT molecular complexity index is 1450. The molecule has 10 N–H and O–H groups in total. The van der Waals surface area contributed by atoms with Crippen molar-refractivity contribution in [2.24, 2.45) is 47.3 Å². The van der Waals surface area contributed by atoms with Gasteiger partial charge >= 0.3 is 11.9 Å². The molecule has 20 unspecified atom stereocenters. The number of esters is 2. The topological polar surface area (TPSA) is 273 Å². The van der Waals surface area contributed by atoms with Gasteiger partial charge in [0.05, 0.1) is 36.4 Å². The van der Waals surface area contributed by atoms with Crippen molar-refractivity contribution in [2.75, 3.05) is 19.8 Å². The second kappa shape index (κ2) is 28.0. The Kier molecular flexibility index (Phi) is 26.1. The van der Waals surface area contributed by atoms with Crippen molar-refractivity contribution in [3.63, 3.8) is 0 Å². The van der Waals surface area contributed by atoms with E-state index < -0.39 is 122 Å². The third-order valence-corrected chi connectivity index (χ3v) is 12.6. The molecule has 0 aromatic rings. The number of ether oxygens (including phenoxy) is 4. The molecule has 1 heterocycles. The highest BCUT2D eigenvalue weighted by atomic mass is 16.7. The second-order valence-corrected chi connectivity index (χ2v) is 18.8. The molecule has 1 saturated heterocycles. The molecule has 1 rings (SSSR count). The van der Waals surface area contributed by atoms with E-state index in [-0.39, 0.29) is 18.4 Å². The van der Waals surface area contributed by atoms with E-state index in [0.717, 1.165) is 19.3 Å². The second-order valence-electron chi connectivity index (χ2n) is 18.8. The van der Waals surface area contributed by atoms with Crippen LogP contribution in [0.1, 0.15) is 109 Å². The monoisotopic (exact) mass is 905 g/mol. The van der Waals surface area contributed by atoms with E-state index in [0.29, 0.717) is 28.6 Å². The minimum Gasteiger partial charge on any atom is -0.463 e. The van der Waals surface area contributed by atoms with E-state index in [1.807, 2.05) is 26.8 Å². The molecular weight excluding hydrogens is 821 g/mol. The fourth-order valence-electron chi connectivity index (χ4n) is 8.26. The highest BCUT2D eigenvalue weighted by Crippen LogP contribution is 2.33. The molecule has 368 valence electrons. The van der Waals surface area contributed by atoms with Gasteiger partial charge in [-0.05, 0) is 75.0 Å². The molecule has 20 atom stereocenters. The Morgan fingerprint density at radius 2 is 1.14 bits per heavy atom. The summed E-state index contributed by atoms with van der Waals surface area (Å²) in [4.78, 5) is 24.2. The molecule has 1 aliphatic heterocycles. The first kappa shape index (κ1) is 58.7. The zero-order chi connectivity index (χ0) is 48.6. The standard InChI is InChI=1S/C47H84O16/c1-14-23(2)15-24(3)16-30(9)45(63-47-44(58)43(57)42(56)36(62-47)22-60-34(13)49)31(10)19-28(7)38(52)26(5)17-25(4)37(51)27(6)18-29(8)39(53)33(12)46(59)61-21-35(50)41(55)40(54)32(11)20-48/h17-19,23-24,26-27,30-33,35-45,47-48,50-58H,14-16,20-22H2,1-13H3. The predicted octanol–water partition coefficient (Wildman–Crippen LogP) is 2.56. The largest absolute Gasteiger partial charge is 0.463 e. The molecule has 0 aromatic carbocycles. The number of hydrogen-bond donors (Lipinski definition) is 10. The molecule has 16 nitrogen and oxygen atoms in total. The Hall–Kier alpha value is -2.32. The number of hydrogen-bond acceptors (Lipinski definition) is 16. The van der Waals surface area contributed by atoms with Gasteiger partial charge in [0.1, 0.15) is 49.8 Å². The molecule has 16 heteroatoms. The Morgan fingerprint density at radius 3 is 1.63 bits per heavy atom. The average Bonchev–Trinajstić information content (AvgIpc) is 3.23. The molecule has 0 amide bonds. The first-order chi connectivity index (χ1) is 29.2. The Balaban J connectivity index is 3.18. The molecule has 63 heavy (non-hydrogen) atoms. The van der Waals surface area contributed by atoms with Gasteiger partial charge in [0.25, 0.3) is 0 Å². The van der Waals surface area contributed by atoms with Gasteiger partial charge in [-0.2, -0.15) is 0 Å². The fourth-order valence-corrected chi connectivity index (χ4v) is 8.26. The van der Waals surface area contributed by atoms with E-state index in [1.165, 1.54) is 20.8 Å². The third kappa shape index (κ3) is 18.5. The lowest BCUT2D eigenvalue weighted by atomic mass is 9.82. The van der Waals surface area contributed by atoms with E-state index in [4.69, 9.17) is 18.9 Å². The van der Waals surface area contributed by atoms with Gasteiger partial charge in [0.15, 0.2) is 6.29 Å². The van der Waals surface area contributed by atoms with E-state index in [1.54, 1.807) is 39.8 Å². The molecule has 1 fully saturated rings. The maximum atomic E-state index is 12.7. The summed E-state index contributed by atoms with van der Waals surface area (Å²) in [5, 5.41) is 105. The fraction of sp³-hybridized carbons (Fsp3) is 0.830. The van der Waals surface area contributed by atoms with E-state index in [2.05, 4.69) is 20.8 Å². The van der Waals surface area contributed by atoms with Gasteiger partial charge in [-0.25, -0.2) is 0 Å². The van der Waals surface area contributed by atoms with Gasteiger partial charge in [-0.1, -0.05) is 80.0 Å². The van der Waals surface area contributed by atoms with Crippen molar-refractivity contribution in [1.29, 1.82) is 0 Å². The Labute approximate surface area is 375 Å². The van der Waals surface area contributed by atoms with Crippen LogP contribution in [0.15, 0.2) is 34.9 Å². The first-order valence-corrected chi connectivity index (χ1v) is 22.6. The summed E-state index contributed by atoms with van der Waals surface area (Å²) in [6.45, 7) is 21.9. The zero-order valence-corrected chi connectivity index (χ0v) is 39.9. The number of aliphatic hydroxyl groups excluding tert-OH is 10. The van der Waals surface area contributed by atoms with Crippen LogP contribution in [-0.2, 0) is 28.5 Å². The van der Waals surface area contributed by atoms with Crippen LogP contribution in [0.5, 0.6) is 0 Å². The third-order valence-electron chi connectivity index (χ3n) is 12.6. The average molecular weight is 905 g/mol. The highest BCUT2D eigenvalue weighted by molar-refractivity contribution is 5.73. The lowest BCUT2D eigenvalue weighted by Crippen LogP contribution is -2.60.